The van der Waals surface area contributed by atoms with E-state index in [0.717, 1.165) is 38.1 Å². The van der Waals surface area contributed by atoms with E-state index in [9.17, 15) is 18.0 Å². The first kappa shape index (κ1) is 17.3. The van der Waals surface area contributed by atoms with Crippen molar-refractivity contribution in [1.82, 2.24) is 4.90 Å². The highest BCUT2D eigenvalue weighted by Crippen LogP contribution is 2.35. The van der Waals surface area contributed by atoms with Gasteiger partial charge in [0, 0.05) is 25.0 Å². The Morgan fingerprint density at radius 2 is 1.85 bits per heavy atom. The maximum Gasteiger partial charge on any atom is 0.416 e. The number of aliphatic imine (C=N–C) groups is 1. The van der Waals surface area contributed by atoms with Crippen molar-refractivity contribution in [3.05, 3.63) is 29.8 Å². The highest BCUT2D eigenvalue weighted by Gasteiger charge is 2.41. The average Bonchev–Trinajstić information content (AvgIpc) is 3.30. The molecule has 0 spiro atoms. The van der Waals surface area contributed by atoms with E-state index in [4.69, 9.17) is 4.74 Å². The topological polar surface area (TPSA) is 45.1 Å². The summed E-state index contributed by atoms with van der Waals surface area (Å²) in [5, 5.41) is 0. The van der Waals surface area contributed by atoms with Crippen LogP contribution in [0.15, 0.2) is 29.3 Å². The van der Waals surface area contributed by atoms with Crippen LogP contribution in [0.4, 0.5) is 18.9 Å². The van der Waals surface area contributed by atoms with Gasteiger partial charge in [-0.1, -0.05) is 0 Å². The Hall–Kier alpha value is -2.09. The van der Waals surface area contributed by atoms with Gasteiger partial charge in [-0.3, -0.25) is 9.79 Å². The molecule has 0 aliphatic carbocycles. The van der Waals surface area contributed by atoms with E-state index < -0.39 is 11.7 Å². The summed E-state index contributed by atoms with van der Waals surface area (Å²) in [5.41, 5.74) is -0.0479. The van der Waals surface area contributed by atoms with Crippen LogP contribution < -0.4 is 4.90 Å². The summed E-state index contributed by atoms with van der Waals surface area (Å²) >= 11 is 0. The number of fused-ring (bicyclic) bond motifs is 1. The number of amides is 1. The summed E-state index contributed by atoms with van der Waals surface area (Å²) in [6, 6.07) is 5.00. The first-order valence-electron chi connectivity index (χ1n) is 8.81. The first-order chi connectivity index (χ1) is 12.4. The maximum atomic E-state index is 12.7. The van der Waals surface area contributed by atoms with Crippen molar-refractivity contribution in [2.75, 3.05) is 24.7 Å². The van der Waals surface area contributed by atoms with Crippen molar-refractivity contribution in [2.24, 2.45) is 10.9 Å². The van der Waals surface area contributed by atoms with E-state index in [1.165, 1.54) is 12.1 Å². The second-order valence-electron chi connectivity index (χ2n) is 6.93. The van der Waals surface area contributed by atoms with E-state index in [1.54, 1.807) is 6.21 Å². The fourth-order valence-corrected chi connectivity index (χ4v) is 3.81. The minimum Gasteiger partial charge on any atom is -0.354 e. The van der Waals surface area contributed by atoms with Gasteiger partial charge in [0.1, 0.15) is 19.0 Å². The molecular weight excluding hydrogens is 347 g/mol. The van der Waals surface area contributed by atoms with Crippen molar-refractivity contribution in [3.8, 4) is 0 Å². The molecule has 5 nitrogen and oxygen atoms in total. The molecule has 3 heterocycles. The van der Waals surface area contributed by atoms with Crippen LogP contribution in [-0.4, -0.2) is 49.1 Å². The molecule has 2 fully saturated rings. The standard InChI is InChI=1S/C18H20F3N3O2/c19-18(20,21)13-3-5-14(6-4-13)24-11-26-15-9-12(10-22-16(15)24)17(25)23-7-1-2-8-23/h3-6,10,12,15-16H,1-2,7-9,11H2. The van der Waals surface area contributed by atoms with Gasteiger partial charge in [-0.25, -0.2) is 0 Å². The smallest absolute Gasteiger partial charge is 0.354 e. The highest BCUT2D eigenvalue weighted by molar-refractivity contribution is 5.94. The van der Waals surface area contributed by atoms with Gasteiger partial charge in [0.25, 0.3) is 0 Å². The third-order valence-corrected chi connectivity index (χ3v) is 5.25. The number of anilines is 1. The summed E-state index contributed by atoms with van der Waals surface area (Å²) in [6.45, 7) is 1.86. The Morgan fingerprint density at radius 1 is 1.15 bits per heavy atom. The zero-order chi connectivity index (χ0) is 18.3. The van der Waals surface area contributed by atoms with E-state index in [2.05, 4.69) is 4.99 Å². The summed E-state index contributed by atoms with van der Waals surface area (Å²) in [4.78, 5) is 20.7. The normalized spacial score (nSPS) is 28.5. The molecule has 0 N–H and O–H groups in total. The molecule has 3 aliphatic rings. The molecule has 3 atom stereocenters. The van der Waals surface area contributed by atoms with Crippen molar-refractivity contribution >= 4 is 17.8 Å². The number of hydrogen-bond donors (Lipinski definition) is 0. The van der Waals surface area contributed by atoms with Crippen LogP contribution in [0.1, 0.15) is 24.8 Å². The summed E-state index contributed by atoms with van der Waals surface area (Å²) in [7, 11) is 0. The Bertz CT molecular complexity index is 699. The lowest BCUT2D eigenvalue weighted by molar-refractivity contribution is -0.137. The monoisotopic (exact) mass is 367 g/mol. The van der Waals surface area contributed by atoms with Crippen LogP contribution in [0.2, 0.25) is 0 Å². The van der Waals surface area contributed by atoms with Crippen molar-refractivity contribution in [2.45, 2.75) is 37.7 Å². The van der Waals surface area contributed by atoms with Crippen molar-refractivity contribution < 1.29 is 22.7 Å². The van der Waals surface area contributed by atoms with Crippen LogP contribution in [0.25, 0.3) is 0 Å². The fraction of sp³-hybridized carbons (Fsp3) is 0.556. The van der Waals surface area contributed by atoms with Crippen LogP contribution >= 0.6 is 0 Å². The lowest BCUT2D eigenvalue weighted by Gasteiger charge is -2.30. The van der Waals surface area contributed by atoms with Gasteiger partial charge in [-0.05, 0) is 43.5 Å². The van der Waals surface area contributed by atoms with Crippen molar-refractivity contribution in [1.29, 1.82) is 0 Å². The molecule has 140 valence electrons. The van der Waals surface area contributed by atoms with E-state index >= 15 is 0 Å². The predicted octanol–water partition coefficient (Wildman–Crippen LogP) is 2.91. The van der Waals surface area contributed by atoms with Gasteiger partial charge in [0.05, 0.1) is 11.5 Å². The molecule has 8 heteroatoms. The second kappa shape index (κ2) is 6.57. The number of ether oxygens (including phenoxy) is 1. The number of halogens is 3. The average molecular weight is 367 g/mol. The molecule has 0 aromatic heterocycles. The molecule has 0 radical (unpaired) electrons. The van der Waals surface area contributed by atoms with E-state index in [-0.39, 0.29) is 30.8 Å². The fourth-order valence-electron chi connectivity index (χ4n) is 3.81. The van der Waals surface area contributed by atoms with Gasteiger partial charge in [-0.2, -0.15) is 13.2 Å². The quantitative estimate of drug-likeness (QED) is 0.808. The van der Waals surface area contributed by atoms with Crippen molar-refractivity contribution in [3.63, 3.8) is 0 Å². The largest absolute Gasteiger partial charge is 0.416 e. The van der Waals surface area contributed by atoms with E-state index in [1.807, 2.05) is 9.80 Å². The number of alkyl halides is 3. The number of carbonyl (C=O) groups is 1. The zero-order valence-corrected chi connectivity index (χ0v) is 14.2. The second-order valence-corrected chi connectivity index (χ2v) is 6.93. The molecule has 0 saturated carbocycles. The van der Waals surface area contributed by atoms with Gasteiger partial charge in [0.15, 0.2) is 0 Å². The number of hydrogen-bond acceptors (Lipinski definition) is 4. The van der Waals surface area contributed by atoms with Crippen LogP contribution in [-0.2, 0) is 15.7 Å². The minimum atomic E-state index is -4.35. The third kappa shape index (κ3) is 3.18. The van der Waals surface area contributed by atoms with Gasteiger partial charge >= 0.3 is 6.18 Å². The highest BCUT2D eigenvalue weighted by atomic mass is 19.4. The summed E-state index contributed by atoms with van der Waals surface area (Å²) < 4.78 is 43.9. The molecule has 4 rings (SSSR count). The molecule has 3 aliphatic heterocycles. The third-order valence-electron chi connectivity index (χ3n) is 5.25. The summed E-state index contributed by atoms with van der Waals surface area (Å²) in [5.74, 6) is -0.178. The van der Waals surface area contributed by atoms with Gasteiger partial charge in [0.2, 0.25) is 5.91 Å². The Morgan fingerprint density at radius 3 is 2.50 bits per heavy atom. The molecule has 3 unspecified atom stereocenters. The molecule has 0 bridgehead atoms. The molecule has 1 aromatic rings. The van der Waals surface area contributed by atoms with Crippen LogP contribution in [0.3, 0.4) is 0 Å². The molecule has 1 amide bonds. The number of likely N-dealkylation sites (tertiary alicyclic amines) is 1. The molecule has 1 aromatic carbocycles. The lowest BCUT2D eigenvalue weighted by Crippen LogP contribution is -2.43. The Labute approximate surface area is 149 Å². The van der Waals surface area contributed by atoms with Crippen LogP contribution in [0.5, 0.6) is 0 Å². The Kier molecular flexibility index (Phi) is 4.38. The molecule has 2 saturated heterocycles. The molecular formula is C18H20F3N3O2. The predicted molar refractivity (Wildman–Crippen MR) is 89.9 cm³/mol. The number of nitrogens with zero attached hydrogens (tertiary/aromatic N) is 3. The molecule has 26 heavy (non-hydrogen) atoms. The maximum absolute atomic E-state index is 12.7. The van der Waals surface area contributed by atoms with Crippen LogP contribution in [0, 0.1) is 5.92 Å². The van der Waals surface area contributed by atoms with Gasteiger partial charge in [-0.15, -0.1) is 0 Å². The van der Waals surface area contributed by atoms with E-state index in [0.29, 0.717) is 12.1 Å². The zero-order valence-electron chi connectivity index (χ0n) is 14.2. The SMILES string of the molecule is O=C(C1C=NC2C(C1)OCN2c1ccc(C(F)(F)F)cc1)N1CCCC1. The summed E-state index contributed by atoms with van der Waals surface area (Å²) in [6.07, 6.45) is -0.545. The number of rotatable bonds is 2. The lowest BCUT2D eigenvalue weighted by atomic mass is 9.96. The first-order valence-corrected chi connectivity index (χ1v) is 8.81. The number of carbonyl (C=O) groups excluding carboxylic acids is 1. The Balaban J connectivity index is 1.47. The van der Waals surface area contributed by atoms with Gasteiger partial charge < -0.3 is 14.5 Å². The minimum absolute atomic E-state index is 0.0984. The number of benzene rings is 1.